The molecule has 0 radical (unpaired) electrons. The Morgan fingerprint density at radius 1 is 1.32 bits per heavy atom. The highest BCUT2D eigenvalue weighted by atomic mass is 32.1. The number of rotatable bonds is 7. The van der Waals surface area contributed by atoms with Crippen molar-refractivity contribution in [2.45, 2.75) is 45.6 Å². The van der Waals surface area contributed by atoms with Crippen molar-refractivity contribution in [3.63, 3.8) is 0 Å². The first-order valence-electron chi connectivity index (χ1n) is 7.06. The van der Waals surface area contributed by atoms with Crippen LogP contribution in [-0.2, 0) is 0 Å². The van der Waals surface area contributed by atoms with Crippen LogP contribution in [0.3, 0.4) is 0 Å². The SMILES string of the molecule is CCCCCC(C)Nc1cccc(-c2nccs2)c1. The summed E-state index contributed by atoms with van der Waals surface area (Å²) in [5, 5.41) is 6.68. The number of thiazole rings is 1. The normalized spacial score (nSPS) is 12.3. The van der Waals surface area contributed by atoms with Crippen molar-refractivity contribution in [1.29, 1.82) is 0 Å². The van der Waals surface area contributed by atoms with E-state index < -0.39 is 0 Å². The van der Waals surface area contributed by atoms with Crippen LogP contribution in [0.5, 0.6) is 0 Å². The lowest BCUT2D eigenvalue weighted by Gasteiger charge is -2.15. The Hall–Kier alpha value is -1.35. The molecule has 1 unspecified atom stereocenters. The lowest BCUT2D eigenvalue weighted by molar-refractivity contribution is 0.615. The van der Waals surface area contributed by atoms with Crippen LogP contribution in [0.1, 0.15) is 39.5 Å². The molecule has 1 aromatic heterocycles. The Morgan fingerprint density at radius 2 is 2.21 bits per heavy atom. The molecule has 102 valence electrons. The fraction of sp³-hybridized carbons (Fsp3) is 0.438. The number of aromatic nitrogens is 1. The molecule has 1 heterocycles. The Kier molecular flexibility index (Phi) is 5.40. The van der Waals surface area contributed by atoms with Crippen molar-refractivity contribution in [3.8, 4) is 10.6 Å². The largest absolute Gasteiger partial charge is 0.383 e. The van der Waals surface area contributed by atoms with E-state index in [4.69, 9.17) is 0 Å². The zero-order valence-corrected chi connectivity index (χ0v) is 12.5. The monoisotopic (exact) mass is 274 g/mol. The third-order valence-corrected chi connectivity index (χ3v) is 4.02. The molecule has 2 nitrogen and oxygen atoms in total. The van der Waals surface area contributed by atoms with Gasteiger partial charge in [0, 0.05) is 28.9 Å². The Labute approximate surface area is 119 Å². The Balaban J connectivity index is 1.95. The van der Waals surface area contributed by atoms with E-state index >= 15 is 0 Å². The molecule has 0 amide bonds. The lowest BCUT2D eigenvalue weighted by atomic mass is 10.1. The summed E-state index contributed by atoms with van der Waals surface area (Å²) in [5.41, 5.74) is 2.39. The van der Waals surface area contributed by atoms with Crippen molar-refractivity contribution < 1.29 is 0 Å². The summed E-state index contributed by atoms with van der Waals surface area (Å²) in [6.07, 6.45) is 7.00. The van der Waals surface area contributed by atoms with Gasteiger partial charge in [0.15, 0.2) is 0 Å². The van der Waals surface area contributed by atoms with Gasteiger partial charge in [0.25, 0.3) is 0 Å². The fourth-order valence-electron chi connectivity index (χ4n) is 2.17. The molecule has 2 aromatic rings. The average Bonchev–Trinajstić information content (AvgIpc) is 2.93. The summed E-state index contributed by atoms with van der Waals surface area (Å²) in [4.78, 5) is 4.36. The molecule has 1 aromatic carbocycles. The second-order valence-electron chi connectivity index (χ2n) is 4.96. The molecule has 0 saturated heterocycles. The number of hydrogen-bond donors (Lipinski definition) is 1. The van der Waals surface area contributed by atoms with Gasteiger partial charge in [-0.2, -0.15) is 0 Å². The topological polar surface area (TPSA) is 24.9 Å². The third-order valence-electron chi connectivity index (χ3n) is 3.20. The minimum atomic E-state index is 0.526. The molecule has 0 aliphatic rings. The highest BCUT2D eigenvalue weighted by Crippen LogP contribution is 2.24. The summed E-state index contributed by atoms with van der Waals surface area (Å²) >= 11 is 1.68. The van der Waals surface area contributed by atoms with E-state index in [0.29, 0.717) is 6.04 Å². The first kappa shape index (κ1) is 14.1. The summed E-state index contributed by atoms with van der Waals surface area (Å²) in [6, 6.07) is 9.06. The van der Waals surface area contributed by atoms with Gasteiger partial charge in [-0.05, 0) is 25.5 Å². The molecule has 19 heavy (non-hydrogen) atoms. The lowest BCUT2D eigenvalue weighted by Crippen LogP contribution is -2.14. The second kappa shape index (κ2) is 7.29. The summed E-state index contributed by atoms with van der Waals surface area (Å²) in [7, 11) is 0. The van der Waals surface area contributed by atoms with Crippen LogP contribution in [0.4, 0.5) is 5.69 Å². The van der Waals surface area contributed by atoms with Crippen LogP contribution in [0.2, 0.25) is 0 Å². The number of nitrogens with zero attached hydrogens (tertiary/aromatic N) is 1. The number of benzene rings is 1. The van der Waals surface area contributed by atoms with E-state index in [-0.39, 0.29) is 0 Å². The standard InChI is InChI=1S/C16H22N2S/c1-3-4-5-7-13(2)18-15-9-6-8-14(12-15)16-17-10-11-19-16/h6,8-13,18H,3-5,7H2,1-2H3. The van der Waals surface area contributed by atoms with Gasteiger partial charge >= 0.3 is 0 Å². The molecule has 0 fully saturated rings. The van der Waals surface area contributed by atoms with Crippen LogP contribution >= 0.6 is 11.3 Å². The average molecular weight is 274 g/mol. The predicted octanol–water partition coefficient (Wildman–Crippen LogP) is 5.19. The summed E-state index contributed by atoms with van der Waals surface area (Å²) in [5.74, 6) is 0. The zero-order valence-electron chi connectivity index (χ0n) is 11.7. The molecule has 1 atom stereocenters. The van der Waals surface area contributed by atoms with Crippen LogP contribution in [0, 0.1) is 0 Å². The van der Waals surface area contributed by atoms with E-state index in [1.54, 1.807) is 11.3 Å². The van der Waals surface area contributed by atoms with Crippen LogP contribution < -0.4 is 5.32 Å². The molecule has 0 spiro atoms. The van der Waals surface area contributed by atoms with Gasteiger partial charge in [0.2, 0.25) is 0 Å². The molecule has 3 heteroatoms. The van der Waals surface area contributed by atoms with Gasteiger partial charge in [-0.25, -0.2) is 4.98 Å². The predicted molar refractivity (Wildman–Crippen MR) is 84.8 cm³/mol. The Morgan fingerprint density at radius 3 is 2.95 bits per heavy atom. The van der Waals surface area contributed by atoms with E-state index in [1.165, 1.54) is 36.9 Å². The second-order valence-corrected chi connectivity index (χ2v) is 5.85. The molecule has 0 aliphatic heterocycles. The van der Waals surface area contributed by atoms with E-state index in [1.807, 2.05) is 11.6 Å². The number of anilines is 1. The van der Waals surface area contributed by atoms with E-state index in [9.17, 15) is 0 Å². The highest BCUT2D eigenvalue weighted by Gasteiger charge is 2.04. The van der Waals surface area contributed by atoms with Crippen LogP contribution in [0.15, 0.2) is 35.8 Å². The van der Waals surface area contributed by atoms with Crippen molar-refractivity contribution in [2.24, 2.45) is 0 Å². The van der Waals surface area contributed by atoms with Gasteiger partial charge in [0.05, 0.1) is 0 Å². The number of nitrogens with one attached hydrogen (secondary N) is 1. The first-order valence-corrected chi connectivity index (χ1v) is 7.94. The molecule has 0 bridgehead atoms. The molecule has 0 saturated carbocycles. The molecular formula is C16H22N2S. The van der Waals surface area contributed by atoms with Crippen molar-refractivity contribution in [2.75, 3.05) is 5.32 Å². The highest BCUT2D eigenvalue weighted by molar-refractivity contribution is 7.13. The van der Waals surface area contributed by atoms with Gasteiger partial charge in [-0.3, -0.25) is 0 Å². The van der Waals surface area contributed by atoms with E-state index in [2.05, 4.69) is 48.4 Å². The third kappa shape index (κ3) is 4.35. The van der Waals surface area contributed by atoms with Gasteiger partial charge in [-0.15, -0.1) is 11.3 Å². The molecule has 1 N–H and O–H groups in total. The van der Waals surface area contributed by atoms with Gasteiger partial charge in [0.1, 0.15) is 5.01 Å². The Bertz CT molecular complexity index is 479. The van der Waals surface area contributed by atoms with Crippen LogP contribution in [0.25, 0.3) is 10.6 Å². The number of hydrogen-bond acceptors (Lipinski definition) is 3. The minimum absolute atomic E-state index is 0.526. The van der Waals surface area contributed by atoms with Crippen molar-refractivity contribution in [3.05, 3.63) is 35.8 Å². The van der Waals surface area contributed by atoms with Crippen LogP contribution in [-0.4, -0.2) is 11.0 Å². The maximum absolute atomic E-state index is 4.36. The van der Waals surface area contributed by atoms with Gasteiger partial charge < -0.3 is 5.32 Å². The van der Waals surface area contributed by atoms with E-state index in [0.717, 1.165) is 5.01 Å². The summed E-state index contributed by atoms with van der Waals surface area (Å²) in [6.45, 7) is 4.50. The fourth-order valence-corrected chi connectivity index (χ4v) is 2.80. The smallest absolute Gasteiger partial charge is 0.123 e. The quantitative estimate of drug-likeness (QED) is 0.703. The molecule has 2 rings (SSSR count). The maximum Gasteiger partial charge on any atom is 0.123 e. The minimum Gasteiger partial charge on any atom is -0.383 e. The molecular weight excluding hydrogens is 252 g/mol. The van der Waals surface area contributed by atoms with Crippen molar-refractivity contribution in [1.82, 2.24) is 4.98 Å². The van der Waals surface area contributed by atoms with Crippen molar-refractivity contribution >= 4 is 17.0 Å². The molecule has 0 aliphatic carbocycles. The van der Waals surface area contributed by atoms with Gasteiger partial charge in [-0.1, -0.05) is 38.3 Å². The summed E-state index contributed by atoms with van der Waals surface area (Å²) < 4.78 is 0. The maximum atomic E-state index is 4.36. The first-order chi connectivity index (χ1) is 9.29. The zero-order chi connectivity index (χ0) is 13.5. The number of unbranched alkanes of at least 4 members (excludes halogenated alkanes) is 2.